The molecule has 94 valence electrons. The molecule has 1 aliphatic rings. The highest BCUT2D eigenvalue weighted by Gasteiger charge is 2.28. The zero-order valence-electron chi connectivity index (χ0n) is 10.7. The lowest BCUT2D eigenvalue weighted by Crippen LogP contribution is -2.36. The molecule has 3 nitrogen and oxygen atoms in total. The first-order chi connectivity index (χ1) is 8.35. The number of nitrogens with two attached hydrogens (primary N) is 1. The molecule has 0 radical (unpaired) electrons. The van der Waals surface area contributed by atoms with Crippen molar-refractivity contribution in [2.45, 2.75) is 32.2 Å². The third kappa shape index (κ3) is 3.51. The van der Waals surface area contributed by atoms with Gasteiger partial charge in [0.05, 0.1) is 11.7 Å². The van der Waals surface area contributed by atoms with Gasteiger partial charge in [-0.2, -0.15) is 0 Å². The van der Waals surface area contributed by atoms with Crippen LogP contribution in [-0.2, 0) is 0 Å². The Labute approximate surface area is 104 Å². The Kier molecular flexibility index (Phi) is 4.51. The fraction of sp³-hybridized carbons (Fsp3) is 0.643. The standard InChI is InChI=1S/C14H23N3/c1-2-9-17(11-12-6-7-12)14(10-15)13-5-3-4-8-16-13/h3-5,8,12,14H,2,6-7,9-11,15H2,1H3. The van der Waals surface area contributed by atoms with E-state index >= 15 is 0 Å². The fourth-order valence-corrected chi connectivity index (χ4v) is 2.32. The van der Waals surface area contributed by atoms with Crippen LogP contribution >= 0.6 is 0 Å². The third-order valence-corrected chi connectivity index (χ3v) is 3.39. The average Bonchev–Trinajstić information content (AvgIpc) is 3.16. The van der Waals surface area contributed by atoms with Gasteiger partial charge < -0.3 is 5.73 Å². The van der Waals surface area contributed by atoms with Gasteiger partial charge in [0.25, 0.3) is 0 Å². The normalized spacial score (nSPS) is 17.4. The zero-order valence-corrected chi connectivity index (χ0v) is 10.7. The Morgan fingerprint density at radius 1 is 1.47 bits per heavy atom. The van der Waals surface area contributed by atoms with Crippen molar-refractivity contribution in [2.24, 2.45) is 11.7 Å². The van der Waals surface area contributed by atoms with Gasteiger partial charge in [-0.1, -0.05) is 13.0 Å². The Morgan fingerprint density at radius 3 is 2.82 bits per heavy atom. The Bertz CT molecular complexity index is 321. The number of hydrogen-bond acceptors (Lipinski definition) is 3. The van der Waals surface area contributed by atoms with Crippen molar-refractivity contribution in [1.82, 2.24) is 9.88 Å². The molecule has 1 saturated carbocycles. The summed E-state index contributed by atoms with van der Waals surface area (Å²) >= 11 is 0. The fourth-order valence-electron chi connectivity index (χ4n) is 2.32. The molecule has 1 unspecified atom stereocenters. The minimum Gasteiger partial charge on any atom is -0.329 e. The second kappa shape index (κ2) is 6.12. The largest absolute Gasteiger partial charge is 0.329 e. The van der Waals surface area contributed by atoms with Crippen molar-refractivity contribution >= 4 is 0 Å². The Morgan fingerprint density at radius 2 is 2.29 bits per heavy atom. The predicted molar refractivity (Wildman–Crippen MR) is 70.6 cm³/mol. The molecule has 0 saturated heterocycles. The molecule has 3 heteroatoms. The Hall–Kier alpha value is -0.930. The predicted octanol–water partition coefficient (Wildman–Crippen LogP) is 2.20. The lowest BCUT2D eigenvalue weighted by molar-refractivity contribution is 0.190. The van der Waals surface area contributed by atoms with Gasteiger partial charge in [-0.3, -0.25) is 9.88 Å². The molecule has 17 heavy (non-hydrogen) atoms. The lowest BCUT2D eigenvalue weighted by Gasteiger charge is -2.30. The van der Waals surface area contributed by atoms with Crippen LogP contribution in [0.3, 0.4) is 0 Å². The minimum absolute atomic E-state index is 0.289. The van der Waals surface area contributed by atoms with Crippen LogP contribution in [0.2, 0.25) is 0 Å². The van der Waals surface area contributed by atoms with E-state index in [2.05, 4.69) is 22.9 Å². The van der Waals surface area contributed by atoms with Crippen molar-refractivity contribution in [3.8, 4) is 0 Å². The zero-order chi connectivity index (χ0) is 12.1. The maximum Gasteiger partial charge on any atom is 0.0644 e. The SMILES string of the molecule is CCCN(CC1CC1)C(CN)c1ccccn1. The highest BCUT2D eigenvalue weighted by atomic mass is 15.2. The number of rotatable bonds is 7. The molecular weight excluding hydrogens is 210 g/mol. The second-order valence-electron chi connectivity index (χ2n) is 4.94. The smallest absolute Gasteiger partial charge is 0.0644 e. The summed E-state index contributed by atoms with van der Waals surface area (Å²) in [4.78, 5) is 6.97. The Balaban J connectivity index is 2.07. The van der Waals surface area contributed by atoms with Crippen molar-refractivity contribution < 1.29 is 0 Å². The molecule has 2 N–H and O–H groups in total. The minimum atomic E-state index is 0.289. The van der Waals surface area contributed by atoms with Crippen LogP contribution in [0.4, 0.5) is 0 Å². The summed E-state index contributed by atoms with van der Waals surface area (Å²) in [5.74, 6) is 0.902. The molecule has 0 aliphatic heterocycles. The summed E-state index contributed by atoms with van der Waals surface area (Å²) < 4.78 is 0. The van der Waals surface area contributed by atoms with E-state index in [0.29, 0.717) is 6.54 Å². The molecule has 1 atom stereocenters. The molecule has 1 heterocycles. The summed E-state index contributed by atoms with van der Waals surface area (Å²) in [7, 11) is 0. The number of nitrogens with zero attached hydrogens (tertiary/aromatic N) is 2. The van der Waals surface area contributed by atoms with Gasteiger partial charge in [0, 0.05) is 19.3 Å². The molecule has 0 amide bonds. The summed E-state index contributed by atoms with van der Waals surface area (Å²) in [5.41, 5.74) is 7.07. The van der Waals surface area contributed by atoms with Crippen LogP contribution in [0, 0.1) is 5.92 Å². The van der Waals surface area contributed by atoms with Crippen LogP contribution in [-0.4, -0.2) is 29.5 Å². The summed E-state index contributed by atoms with van der Waals surface area (Å²) in [5, 5.41) is 0. The van der Waals surface area contributed by atoms with Gasteiger partial charge >= 0.3 is 0 Å². The number of pyridine rings is 1. The second-order valence-corrected chi connectivity index (χ2v) is 4.94. The topological polar surface area (TPSA) is 42.1 Å². The van der Waals surface area contributed by atoms with E-state index in [1.165, 1.54) is 25.8 Å². The molecule has 0 aromatic carbocycles. The van der Waals surface area contributed by atoms with E-state index in [9.17, 15) is 0 Å². The molecule has 1 aliphatic carbocycles. The number of hydrogen-bond donors (Lipinski definition) is 1. The van der Waals surface area contributed by atoms with Gasteiger partial charge in [0.1, 0.15) is 0 Å². The van der Waals surface area contributed by atoms with Crippen molar-refractivity contribution in [3.63, 3.8) is 0 Å². The van der Waals surface area contributed by atoms with Gasteiger partial charge in [-0.15, -0.1) is 0 Å². The molecule has 0 bridgehead atoms. The van der Waals surface area contributed by atoms with E-state index in [-0.39, 0.29) is 6.04 Å². The van der Waals surface area contributed by atoms with Crippen molar-refractivity contribution in [3.05, 3.63) is 30.1 Å². The maximum absolute atomic E-state index is 5.95. The first kappa shape index (κ1) is 12.5. The van der Waals surface area contributed by atoms with E-state index in [1.807, 2.05) is 18.3 Å². The van der Waals surface area contributed by atoms with Crippen LogP contribution in [0.1, 0.15) is 37.9 Å². The first-order valence-electron chi connectivity index (χ1n) is 6.70. The highest BCUT2D eigenvalue weighted by Crippen LogP contribution is 2.32. The van der Waals surface area contributed by atoms with Crippen LogP contribution < -0.4 is 5.73 Å². The van der Waals surface area contributed by atoms with Crippen LogP contribution in [0.15, 0.2) is 24.4 Å². The first-order valence-corrected chi connectivity index (χ1v) is 6.70. The highest BCUT2D eigenvalue weighted by molar-refractivity contribution is 5.09. The molecular formula is C14H23N3. The van der Waals surface area contributed by atoms with E-state index < -0.39 is 0 Å². The summed E-state index contributed by atoms with van der Waals surface area (Å²) in [6.45, 7) is 5.19. The van der Waals surface area contributed by atoms with Gasteiger partial charge in [-0.05, 0) is 43.9 Å². The third-order valence-electron chi connectivity index (χ3n) is 3.39. The lowest BCUT2D eigenvalue weighted by atomic mass is 10.1. The monoisotopic (exact) mass is 233 g/mol. The van der Waals surface area contributed by atoms with Crippen molar-refractivity contribution in [2.75, 3.05) is 19.6 Å². The van der Waals surface area contributed by atoms with Gasteiger partial charge in [0.15, 0.2) is 0 Å². The molecule has 2 rings (SSSR count). The maximum atomic E-state index is 5.95. The summed E-state index contributed by atoms with van der Waals surface area (Å²) in [6.07, 6.45) is 5.81. The van der Waals surface area contributed by atoms with E-state index in [1.54, 1.807) is 0 Å². The molecule has 0 spiro atoms. The van der Waals surface area contributed by atoms with Gasteiger partial charge in [0.2, 0.25) is 0 Å². The van der Waals surface area contributed by atoms with E-state index in [0.717, 1.165) is 18.2 Å². The molecule has 1 aromatic rings. The quantitative estimate of drug-likeness (QED) is 0.785. The van der Waals surface area contributed by atoms with Crippen LogP contribution in [0.5, 0.6) is 0 Å². The molecule has 1 fully saturated rings. The van der Waals surface area contributed by atoms with E-state index in [4.69, 9.17) is 5.73 Å². The van der Waals surface area contributed by atoms with Crippen molar-refractivity contribution in [1.29, 1.82) is 0 Å². The number of aromatic nitrogens is 1. The van der Waals surface area contributed by atoms with Gasteiger partial charge in [-0.25, -0.2) is 0 Å². The summed E-state index contributed by atoms with van der Waals surface area (Å²) in [6, 6.07) is 6.39. The van der Waals surface area contributed by atoms with Crippen LogP contribution in [0.25, 0.3) is 0 Å². The average molecular weight is 233 g/mol. The molecule has 1 aromatic heterocycles.